The van der Waals surface area contributed by atoms with Crippen LogP contribution in [0.25, 0.3) is 0 Å². The molecule has 3 aromatic rings. The fourth-order valence-corrected chi connectivity index (χ4v) is 3.88. The third kappa shape index (κ3) is 6.67. The number of carbonyl (C=O) groups excluding carboxylic acids is 2. The summed E-state index contributed by atoms with van der Waals surface area (Å²) in [6, 6.07) is 14.7. The van der Waals surface area contributed by atoms with E-state index in [2.05, 4.69) is 15.6 Å². The smallest absolute Gasteiger partial charge is 0.274 e. The molecule has 7 nitrogen and oxygen atoms in total. The lowest BCUT2D eigenvalue weighted by Crippen LogP contribution is -2.41. The second kappa shape index (κ2) is 11.8. The molecule has 2 N–H and O–H groups in total. The van der Waals surface area contributed by atoms with Gasteiger partial charge in [-0.2, -0.15) is 0 Å². The SMILES string of the molecule is COCCNC(=O)CN(Cc1ccccc1)C(=O)c1csc(Nc2cccc(Cl)c2Cl)n1. The maximum absolute atomic E-state index is 13.2. The van der Waals surface area contributed by atoms with Crippen molar-refractivity contribution in [1.82, 2.24) is 15.2 Å². The lowest BCUT2D eigenvalue weighted by molar-refractivity contribution is -0.122. The van der Waals surface area contributed by atoms with Crippen molar-refractivity contribution >= 4 is 57.2 Å². The van der Waals surface area contributed by atoms with Crippen LogP contribution in [0.2, 0.25) is 10.0 Å². The van der Waals surface area contributed by atoms with Gasteiger partial charge in [-0.15, -0.1) is 11.3 Å². The molecule has 10 heteroatoms. The van der Waals surface area contributed by atoms with Crippen LogP contribution in [-0.2, 0) is 16.1 Å². The molecule has 168 valence electrons. The Labute approximate surface area is 200 Å². The topological polar surface area (TPSA) is 83.6 Å². The fourth-order valence-electron chi connectivity index (χ4n) is 2.83. The van der Waals surface area contributed by atoms with Gasteiger partial charge in [0.25, 0.3) is 5.91 Å². The Kier molecular flexibility index (Phi) is 8.87. The van der Waals surface area contributed by atoms with Crippen molar-refractivity contribution in [2.75, 3.05) is 32.1 Å². The normalized spacial score (nSPS) is 10.6. The van der Waals surface area contributed by atoms with E-state index in [-0.39, 0.29) is 30.6 Å². The number of nitrogens with zero attached hydrogens (tertiary/aromatic N) is 2. The van der Waals surface area contributed by atoms with Gasteiger partial charge in [0.15, 0.2) is 5.13 Å². The van der Waals surface area contributed by atoms with Crippen molar-refractivity contribution in [2.45, 2.75) is 6.54 Å². The third-order valence-electron chi connectivity index (χ3n) is 4.38. The monoisotopic (exact) mass is 492 g/mol. The maximum atomic E-state index is 13.2. The molecule has 0 aliphatic rings. The predicted molar refractivity (Wildman–Crippen MR) is 128 cm³/mol. The number of aromatic nitrogens is 1. The van der Waals surface area contributed by atoms with Crippen LogP contribution in [0.3, 0.4) is 0 Å². The minimum Gasteiger partial charge on any atom is -0.383 e. The van der Waals surface area contributed by atoms with Gasteiger partial charge in [0.2, 0.25) is 5.91 Å². The molecule has 0 saturated heterocycles. The molecule has 0 atom stereocenters. The van der Waals surface area contributed by atoms with Crippen LogP contribution < -0.4 is 10.6 Å². The summed E-state index contributed by atoms with van der Waals surface area (Å²) in [5.74, 6) is -0.622. The zero-order valence-corrected chi connectivity index (χ0v) is 19.6. The van der Waals surface area contributed by atoms with Crippen molar-refractivity contribution in [3.8, 4) is 0 Å². The molecule has 1 heterocycles. The number of amides is 2. The van der Waals surface area contributed by atoms with E-state index in [0.717, 1.165) is 5.56 Å². The summed E-state index contributed by atoms with van der Waals surface area (Å²) >= 11 is 13.5. The maximum Gasteiger partial charge on any atom is 0.274 e. The first kappa shape index (κ1) is 24.0. The highest BCUT2D eigenvalue weighted by molar-refractivity contribution is 7.14. The van der Waals surface area contributed by atoms with Gasteiger partial charge in [0.05, 0.1) is 22.3 Å². The highest BCUT2D eigenvalue weighted by Gasteiger charge is 2.22. The number of hydrogen-bond donors (Lipinski definition) is 2. The highest BCUT2D eigenvalue weighted by atomic mass is 35.5. The Hall–Kier alpha value is -2.65. The number of benzene rings is 2. The summed E-state index contributed by atoms with van der Waals surface area (Å²) in [4.78, 5) is 31.4. The second-order valence-corrected chi connectivity index (χ2v) is 8.40. The van der Waals surface area contributed by atoms with Gasteiger partial charge in [-0.3, -0.25) is 9.59 Å². The van der Waals surface area contributed by atoms with Gasteiger partial charge in [-0.05, 0) is 17.7 Å². The minimum atomic E-state index is -0.350. The number of anilines is 2. The Bertz CT molecular complexity index is 1060. The van der Waals surface area contributed by atoms with Crippen LogP contribution in [0.5, 0.6) is 0 Å². The van der Waals surface area contributed by atoms with Gasteiger partial charge in [-0.1, -0.05) is 59.6 Å². The first-order valence-corrected chi connectivity index (χ1v) is 11.4. The van der Waals surface area contributed by atoms with Crippen molar-refractivity contribution in [3.05, 3.63) is 75.2 Å². The second-order valence-electron chi connectivity index (χ2n) is 6.75. The average molecular weight is 493 g/mol. The number of rotatable bonds is 10. The first-order valence-electron chi connectivity index (χ1n) is 9.73. The molecule has 32 heavy (non-hydrogen) atoms. The van der Waals surface area contributed by atoms with E-state index in [1.54, 1.807) is 30.7 Å². The molecule has 0 unspecified atom stereocenters. The lowest BCUT2D eigenvalue weighted by atomic mass is 10.2. The first-order chi connectivity index (χ1) is 15.5. The van der Waals surface area contributed by atoms with E-state index in [4.69, 9.17) is 27.9 Å². The summed E-state index contributed by atoms with van der Waals surface area (Å²) in [6.45, 7) is 0.940. The van der Waals surface area contributed by atoms with Crippen molar-refractivity contribution in [2.24, 2.45) is 0 Å². The Balaban J connectivity index is 1.74. The minimum absolute atomic E-state index is 0.0994. The quantitative estimate of drug-likeness (QED) is 0.404. The molecule has 0 fully saturated rings. The summed E-state index contributed by atoms with van der Waals surface area (Å²) in [5.41, 5.74) is 1.73. The molecule has 3 rings (SSSR count). The summed E-state index contributed by atoms with van der Waals surface area (Å²) < 4.78 is 4.95. The molecule has 0 aliphatic carbocycles. The molecule has 0 bridgehead atoms. The summed E-state index contributed by atoms with van der Waals surface area (Å²) in [7, 11) is 1.56. The molecular formula is C22H22Cl2N4O3S. The van der Waals surface area contributed by atoms with Gasteiger partial charge in [-0.25, -0.2) is 4.98 Å². The Morgan fingerprint density at radius 3 is 2.66 bits per heavy atom. The molecule has 0 saturated carbocycles. The third-order valence-corrected chi connectivity index (χ3v) is 5.96. The Morgan fingerprint density at radius 2 is 1.91 bits per heavy atom. The zero-order valence-electron chi connectivity index (χ0n) is 17.3. The number of nitrogens with one attached hydrogen (secondary N) is 2. The van der Waals surface area contributed by atoms with E-state index in [1.165, 1.54) is 16.2 Å². The van der Waals surface area contributed by atoms with Crippen molar-refractivity contribution in [1.29, 1.82) is 0 Å². The summed E-state index contributed by atoms with van der Waals surface area (Å²) in [5, 5.41) is 8.74. The number of halogens is 2. The van der Waals surface area contributed by atoms with Crippen LogP contribution in [-0.4, -0.2) is 48.5 Å². The van der Waals surface area contributed by atoms with Crippen molar-refractivity contribution < 1.29 is 14.3 Å². The number of hydrogen-bond acceptors (Lipinski definition) is 6. The zero-order chi connectivity index (χ0) is 22.9. The van der Waals surface area contributed by atoms with Crippen LogP contribution in [0.4, 0.5) is 10.8 Å². The molecule has 0 aliphatic heterocycles. The fraction of sp³-hybridized carbons (Fsp3) is 0.227. The lowest BCUT2D eigenvalue weighted by Gasteiger charge is -2.21. The average Bonchev–Trinajstić information content (AvgIpc) is 3.25. The van der Waals surface area contributed by atoms with Crippen molar-refractivity contribution in [3.63, 3.8) is 0 Å². The Morgan fingerprint density at radius 1 is 1.12 bits per heavy atom. The van der Waals surface area contributed by atoms with E-state index in [9.17, 15) is 9.59 Å². The largest absolute Gasteiger partial charge is 0.383 e. The summed E-state index contributed by atoms with van der Waals surface area (Å²) in [6.07, 6.45) is 0. The molecule has 2 aromatic carbocycles. The standard InChI is InChI=1S/C22H22Cl2N4O3S/c1-31-11-10-25-19(29)13-28(12-15-6-3-2-4-7-15)21(30)18-14-32-22(27-18)26-17-9-5-8-16(23)20(17)24/h2-9,14H,10-13H2,1H3,(H,25,29)(H,26,27). The molecular weight excluding hydrogens is 471 g/mol. The van der Waals surface area contributed by atoms with Crippen LogP contribution in [0.1, 0.15) is 16.1 Å². The van der Waals surface area contributed by atoms with E-state index >= 15 is 0 Å². The van der Waals surface area contributed by atoms with Gasteiger partial charge < -0.3 is 20.3 Å². The van der Waals surface area contributed by atoms with Crippen LogP contribution in [0, 0.1) is 0 Å². The van der Waals surface area contributed by atoms with Gasteiger partial charge in [0, 0.05) is 25.6 Å². The van der Waals surface area contributed by atoms with Gasteiger partial charge in [0.1, 0.15) is 12.2 Å². The molecule has 1 aromatic heterocycles. The van der Waals surface area contributed by atoms with Crippen LogP contribution >= 0.6 is 34.5 Å². The molecule has 0 spiro atoms. The highest BCUT2D eigenvalue weighted by Crippen LogP contribution is 2.32. The van der Waals surface area contributed by atoms with E-state index < -0.39 is 0 Å². The number of ether oxygens (including phenoxy) is 1. The predicted octanol–water partition coefficient (Wildman–Crippen LogP) is 4.60. The number of methoxy groups -OCH3 is 1. The van der Waals surface area contributed by atoms with Crippen LogP contribution in [0.15, 0.2) is 53.9 Å². The van der Waals surface area contributed by atoms with E-state index in [1.807, 2.05) is 30.3 Å². The van der Waals surface area contributed by atoms with E-state index in [0.29, 0.717) is 34.0 Å². The molecule has 2 amide bonds. The number of carbonyl (C=O) groups is 2. The molecule has 0 radical (unpaired) electrons. The van der Waals surface area contributed by atoms with Gasteiger partial charge >= 0.3 is 0 Å². The number of thiazole rings is 1.